The third-order valence-electron chi connectivity index (χ3n) is 7.17. The zero-order chi connectivity index (χ0) is 30.8. The average Bonchev–Trinajstić information content (AvgIpc) is 2.97. The maximum absolute atomic E-state index is 13.7. The molecule has 0 aromatic heterocycles. The Morgan fingerprint density at radius 2 is 0.737 bits per heavy atom. The smallest absolute Gasteiger partial charge is 0.359 e. The van der Waals surface area contributed by atoms with Crippen LogP contribution < -0.4 is 0 Å². The molecule has 6 atom stereocenters. The summed E-state index contributed by atoms with van der Waals surface area (Å²) >= 11 is 0. The summed E-state index contributed by atoms with van der Waals surface area (Å²) in [5.74, 6) is -52.8. The van der Waals surface area contributed by atoms with Gasteiger partial charge in [-0.25, -0.2) is 22.0 Å². The molecule has 0 aromatic carbocycles. The number of aliphatic hydroxyl groups excluding tert-OH is 2. The molecule has 6 unspecified atom stereocenters. The Morgan fingerprint density at radius 1 is 0.395 bits per heavy atom. The summed E-state index contributed by atoms with van der Waals surface area (Å²) in [4.78, 5) is 0. The van der Waals surface area contributed by atoms with Crippen molar-refractivity contribution in [2.75, 3.05) is 6.61 Å². The molecule has 38 heavy (non-hydrogen) atoms. The molecule has 0 aliphatic heterocycles. The number of hydrogen-bond donors (Lipinski definition) is 2. The number of rotatable bonds is 1. The van der Waals surface area contributed by atoms with Gasteiger partial charge in [0.1, 0.15) is 0 Å². The normalized spacial score (nSPS) is 50.4. The van der Waals surface area contributed by atoms with Gasteiger partial charge < -0.3 is 10.2 Å². The maximum atomic E-state index is 13.7. The molecule has 4 fully saturated rings. The minimum absolute atomic E-state index is 3.05. The largest absolute Gasteiger partial charge is 0.393 e. The number of halogens is 21. The quantitative estimate of drug-likeness (QED) is 0.408. The van der Waals surface area contributed by atoms with Gasteiger partial charge in [0.25, 0.3) is 11.3 Å². The van der Waals surface area contributed by atoms with Crippen LogP contribution in [0.3, 0.4) is 0 Å². The molecule has 4 aliphatic carbocycles. The summed E-state index contributed by atoms with van der Waals surface area (Å²) in [6.45, 7) is -3.05. The summed E-state index contributed by atoms with van der Waals surface area (Å²) in [5, 5.41) is 16.6. The van der Waals surface area contributed by atoms with Gasteiger partial charge in [0.2, 0.25) is 5.67 Å². The van der Waals surface area contributed by atoms with E-state index in [0.717, 1.165) is 0 Å². The molecule has 4 bridgehead atoms. The first-order chi connectivity index (χ1) is 16.2. The molecule has 2 nitrogen and oxygen atoms in total. The van der Waals surface area contributed by atoms with E-state index in [1.54, 1.807) is 0 Å². The lowest BCUT2D eigenvalue weighted by molar-refractivity contribution is -0.379. The van der Waals surface area contributed by atoms with Crippen molar-refractivity contribution in [3.05, 3.63) is 0 Å². The Kier molecular flexibility index (Phi) is 5.30. The van der Waals surface area contributed by atoms with Gasteiger partial charge in [-0.2, -0.15) is 70.2 Å². The fraction of sp³-hybridized carbons (Fsp3) is 1.00. The van der Waals surface area contributed by atoms with Crippen LogP contribution >= 0.6 is 0 Å². The van der Waals surface area contributed by atoms with Gasteiger partial charge in [0, 0.05) is 0 Å². The van der Waals surface area contributed by atoms with E-state index in [-0.39, 0.29) is 0 Å². The van der Waals surface area contributed by atoms with E-state index >= 15 is 0 Å². The Morgan fingerprint density at radius 3 is 1.03 bits per heavy atom. The van der Waals surface area contributed by atoms with Gasteiger partial charge in [-0.15, -0.1) is 0 Å². The van der Waals surface area contributed by atoms with Crippen molar-refractivity contribution in [2.45, 2.75) is 81.8 Å². The van der Waals surface area contributed by atoms with E-state index in [1.807, 2.05) is 0 Å². The van der Waals surface area contributed by atoms with Crippen molar-refractivity contribution in [1.29, 1.82) is 0 Å². The Bertz CT molecular complexity index is 1060. The topological polar surface area (TPSA) is 40.5 Å². The van der Waals surface area contributed by atoms with Crippen LogP contribution in [0.1, 0.15) is 0 Å². The summed E-state index contributed by atoms with van der Waals surface area (Å²) in [5.41, 5.74) is -32.0. The van der Waals surface area contributed by atoms with Gasteiger partial charge in [-0.3, -0.25) is 0 Å². The minimum atomic E-state index is -6.90. The lowest BCUT2D eigenvalue weighted by Gasteiger charge is -2.45. The second-order valence-corrected chi connectivity index (χ2v) is 8.69. The van der Waals surface area contributed by atoms with Crippen LogP contribution in [-0.2, 0) is 0 Å². The van der Waals surface area contributed by atoms with Crippen LogP contribution in [0.15, 0.2) is 0 Å². The number of fused-ring (bicyclic) bond motifs is 4. The van der Waals surface area contributed by atoms with E-state index < -0.39 is 88.4 Å². The van der Waals surface area contributed by atoms with Crippen LogP contribution in [0.25, 0.3) is 0 Å². The Balaban J connectivity index is 0.000000212. The van der Waals surface area contributed by atoms with Crippen molar-refractivity contribution in [3.63, 3.8) is 0 Å². The van der Waals surface area contributed by atoms with E-state index in [4.69, 9.17) is 10.2 Å². The van der Waals surface area contributed by atoms with Crippen molar-refractivity contribution in [3.8, 4) is 0 Å². The monoisotopic (exact) mass is 616 g/mol. The Labute approximate surface area is 192 Å². The van der Waals surface area contributed by atoms with Gasteiger partial charge in [0.05, 0.1) is 6.61 Å². The van der Waals surface area contributed by atoms with E-state index in [9.17, 15) is 92.2 Å². The van der Waals surface area contributed by atoms with E-state index in [2.05, 4.69) is 0 Å². The Hall–Kier alpha value is -1.55. The van der Waals surface area contributed by atoms with Crippen molar-refractivity contribution in [2.24, 2.45) is 0 Å². The lowest BCUT2D eigenvalue weighted by Crippen LogP contribution is -2.76. The van der Waals surface area contributed by atoms with Crippen LogP contribution in [-0.4, -0.2) is 98.6 Å². The number of hydrogen-bond acceptors (Lipinski definition) is 2. The SMILES string of the molecule is OC1C(F)(F)C2(F)C(F)(F)C(F)(F)C1(F)C2(F)F.OCC1(F)C(F)(F)C2(F)C(F)(F)C(F)(F)C1(F)C2(F)F. The molecule has 224 valence electrons. The number of aliphatic hydroxyl groups is 2. The standard InChI is InChI=1S/C8H3F11O.C7H2F10O/c9-2(1-20)3(10)6(14,15)4(11,5(2,12)13)8(18,19)7(3,16)17;8-2-1(18)3(9,10)4(11,5(2,12)13)7(16,17)6(2,14)15/h20H,1H2;1,18H. The predicted octanol–water partition coefficient (Wildman–Crippen LogP) is 5.00. The summed E-state index contributed by atoms with van der Waals surface area (Å²) in [6.07, 6.45) is -4.60. The second-order valence-electron chi connectivity index (χ2n) is 8.69. The zero-order valence-corrected chi connectivity index (χ0v) is 16.6. The molecular weight excluding hydrogens is 611 g/mol. The van der Waals surface area contributed by atoms with Crippen molar-refractivity contribution < 1.29 is 102 Å². The lowest BCUT2D eigenvalue weighted by atomic mass is 9.75. The van der Waals surface area contributed by atoms with Crippen molar-refractivity contribution in [1.82, 2.24) is 0 Å². The van der Waals surface area contributed by atoms with E-state index in [0.29, 0.717) is 0 Å². The fourth-order valence-corrected chi connectivity index (χ4v) is 4.94. The van der Waals surface area contributed by atoms with E-state index in [1.165, 1.54) is 0 Å². The van der Waals surface area contributed by atoms with Crippen LogP contribution in [0.4, 0.5) is 92.2 Å². The highest BCUT2D eigenvalue weighted by Crippen LogP contribution is 2.83. The summed E-state index contributed by atoms with van der Waals surface area (Å²) in [7, 11) is 0. The van der Waals surface area contributed by atoms with Gasteiger partial charge in [-0.1, -0.05) is 0 Å². The predicted molar refractivity (Wildman–Crippen MR) is 71.9 cm³/mol. The molecular formula is C15H5F21O2. The maximum Gasteiger partial charge on any atom is 0.359 e. The van der Waals surface area contributed by atoms with Crippen LogP contribution in [0, 0.1) is 0 Å². The van der Waals surface area contributed by atoms with Crippen molar-refractivity contribution >= 4 is 0 Å². The second kappa shape index (κ2) is 6.50. The van der Waals surface area contributed by atoms with Crippen LogP contribution in [0.2, 0.25) is 0 Å². The molecule has 2 N–H and O–H groups in total. The zero-order valence-electron chi connectivity index (χ0n) is 16.6. The molecule has 4 rings (SSSR count). The average molecular weight is 616 g/mol. The molecule has 0 heterocycles. The summed E-state index contributed by atoms with van der Waals surface area (Å²) in [6, 6.07) is 0. The highest BCUT2D eigenvalue weighted by Gasteiger charge is 3.16. The first-order valence-corrected chi connectivity index (χ1v) is 8.97. The highest BCUT2D eigenvalue weighted by atomic mass is 19.4. The molecule has 4 saturated carbocycles. The first kappa shape index (κ1) is 31.0. The third kappa shape index (κ3) is 1.98. The minimum Gasteiger partial charge on any atom is -0.393 e. The number of alkyl halides is 21. The molecule has 23 heteroatoms. The molecule has 0 aromatic rings. The first-order valence-electron chi connectivity index (χ1n) is 8.97. The van der Waals surface area contributed by atoms with Gasteiger partial charge in [0.15, 0.2) is 6.10 Å². The third-order valence-corrected chi connectivity index (χ3v) is 7.17. The van der Waals surface area contributed by atoms with Crippen LogP contribution in [0.5, 0.6) is 0 Å². The molecule has 4 aliphatic rings. The fourth-order valence-electron chi connectivity index (χ4n) is 4.94. The molecule has 0 radical (unpaired) electrons. The van der Waals surface area contributed by atoms with Gasteiger partial charge >= 0.3 is 58.7 Å². The highest BCUT2D eigenvalue weighted by molar-refractivity contribution is 5.48. The molecule has 0 saturated heterocycles. The molecule has 0 amide bonds. The molecule has 0 spiro atoms. The van der Waals surface area contributed by atoms with Gasteiger partial charge in [-0.05, 0) is 0 Å². The summed E-state index contributed by atoms with van der Waals surface area (Å²) < 4.78 is 275.